The largest absolute Gasteiger partial charge is 0.328 e. The first-order chi connectivity index (χ1) is 6.72. The van der Waals surface area contributed by atoms with Gasteiger partial charge in [-0.3, -0.25) is 0 Å². The summed E-state index contributed by atoms with van der Waals surface area (Å²) in [7, 11) is 0. The van der Waals surface area contributed by atoms with Crippen LogP contribution < -0.4 is 0 Å². The quantitative estimate of drug-likeness (QED) is 0.727. The molecule has 0 unspecified atom stereocenters. The van der Waals surface area contributed by atoms with E-state index in [4.69, 9.17) is 0 Å². The zero-order valence-corrected chi connectivity index (χ0v) is 7.17. The van der Waals surface area contributed by atoms with Crippen LogP contribution in [0.3, 0.4) is 0 Å². The van der Waals surface area contributed by atoms with Crippen molar-refractivity contribution >= 4 is 11.0 Å². The van der Waals surface area contributed by atoms with Gasteiger partial charge < -0.3 is 4.57 Å². The first-order valence-corrected chi connectivity index (χ1v) is 4.08. The van der Waals surface area contributed by atoms with Crippen molar-refractivity contribution in [2.75, 3.05) is 6.67 Å². The number of aromatic nitrogens is 2. The fraction of sp³-hybridized carbons (Fsp3) is 0.222. The third-order valence-corrected chi connectivity index (χ3v) is 1.99. The van der Waals surface area contributed by atoms with Crippen LogP contribution in [0.5, 0.6) is 0 Å². The third-order valence-electron chi connectivity index (χ3n) is 1.99. The molecule has 2 aromatic rings. The maximum absolute atomic E-state index is 12.8. The summed E-state index contributed by atoms with van der Waals surface area (Å²) >= 11 is 0. The molecule has 14 heavy (non-hydrogen) atoms. The summed E-state index contributed by atoms with van der Waals surface area (Å²) in [5, 5.41) is 0. The summed E-state index contributed by atoms with van der Waals surface area (Å²) in [5.74, 6) is -1.89. The minimum atomic E-state index is -0.946. The second-order valence-electron chi connectivity index (χ2n) is 2.88. The third kappa shape index (κ3) is 1.34. The lowest BCUT2D eigenvalue weighted by Crippen LogP contribution is -1.97. The molecule has 0 N–H and O–H groups in total. The Kier molecular flexibility index (Phi) is 2.15. The van der Waals surface area contributed by atoms with Gasteiger partial charge in [0.2, 0.25) is 0 Å². The van der Waals surface area contributed by atoms with E-state index < -0.39 is 18.3 Å². The van der Waals surface area contributed by atoms with Gasteiger partial charge in [0.25, 0.3) is 0 Å². The lowest BCUT2D eigenvalue weighted by Gasteiger charge is -1.99. The van der Waals surface area contributed by atoms with Gasteiger partial charge in [-0.15, -0.1) is 0 Å². The molecular weight excluding hydrogens is 193 g/mol. The molecule has 1 aromatic carbocycles. The van der Waals surface area contributed by atoms with Crippen LogP contribution in [0.4, 0.5) is 13.2 Å². The number of hydrogen-bond acceptors (Lipinski definition) is 1. The topological polar surface area (TPSA) is 17.8 Å². The number of alkyl halides is 1. The van der Waals surface area contributed by atoms with Gasteiger partial charge in [0, 0.05) is 12.1 Å². The molecule has 0 saturated heterocycles. The lowest BCUT2D eigenvalue weighted by molar-refractivity contribution is 0.449. The first-order valence-electron chi connectivity index (χ1n) is 4.08. The highest BCUT2D eigenvalue weighted by Gasteiger charge is 2.08. The van der Waals surface area contributed by atoms with Crippen LogP contribution in [-0.2, 0) is 6.54 Å². The maximum Gasteiger partial charge on any atom is 0.161 e. The van der Waals surface area contributed by atoms with Gasteiger partial charge >= 0.3 is 0 Å². The van der Waals surface area contributed by atoms with Crippen LogP contribution in [0, 0.1) is 11.6 Å². The summed E-state index contributed by atoms with van der Waals surface area (Å²) in [4.78, 5) is 3.83. The Morgan fingerprint density at radius 2 is 1.93 bits per heavy atom. The van der Waals surface area contributed by atoms with Gasteiger partial charge in [-0.25, -0.2) is 18.2 Å². The average Bonchev–Trinajstić information content (AvgIpc) is 2.51. The van der Waals surface area contributed by atoms with E-state index >= 15 is 0 Å². The summed E-state index contributed by atoms with van der Waals surface area (Å²) < 4.78 is 39.1. The fourth-order valence-electron chi connectivity index (χ4n) is 1.32. The molecule has 2 rings (SSSR count). The average molecular weight is 200 g/mol. The second-order valence-corrected chi connectivity index (χ2v) is 2.88. The SMILES string of the molecule is FCCn1cnc2cc(F)c(F)cc21. The van der Waals surface area contributed by atoms with E-state index in [-0.39, 0.29) is 6.54 Å². The standard InChI is InChI=1S/C9H7F3N2/c10-1-2-14-5-13-8-3-6(11)7(12)4-9(8)14/h3-5H,1-2H2. The molecular formula is C9H7F3N2. The van der Waals surface area contributed by atoms with Gasteiger partial charge in [-0.1, -0.05) is 0 Å². The fourth-order valence-corrected chi connectivity index (χ4v) is 1.32. The first kappa shape index (κ1) is 9.05. The molecule has 0 bridgehead atoms. The number of halogens is 3. The van der Waals surface area contributed by atoms with Crippen LogP contribution >= 0.6 is 0 Å². The Bertz CT molecular complexity index is 464. The molecule has 0 aliphatic heterocycles. The molecule has 1 aromatic heterocycles. The van der Waals surface area contributed by atoms with Crippen molar-refractivity contribution in [2.45, 2.75) is 6.54 Å². The molecule has 0 atom stereocenters. The summed E-state index contributed by atoms with van der Waals surface area (Å²) in [6.07, 6.45) is 1.36. The molecule has 1 heterocycles. The smallest absolute Gasteiger partial charge is 0.161 e. The zero-order valence-electron chi connectivity index (χ0n) is 7.17. The predicted octanol–water partition coefficient (Wildman–Crippen LogP) is 2.28. The van der Waals surface area contributed by atoms with Crippen molar-refractivity contribution in [1.82, 2.24) is 9.55 Å². The molecule has 74 valence electrons. The minimum absolute atomic E-state index is 0.0988. The van der Waals surface area contributed by atoms with Gasteiger partial charge in [0.15, 0.2) is 11.6 Å². The monoisotopic (exact) mass is 200 g/mol. The van der Waals surface area contributed by atoms with E-state index in [0.717, 1.165) is 12.1 Å². The van der Waals surface area contributed by atoms with Crippen LogP contribution in [0.15, 0.2) is 18.5 Å². The molecule has 0 aliphatic carbocycles. The molecule has 0 aliphatic rings. The van der Waals surface area contributed by atoms with E-state index in [0.29, 0.717) is 11.0 Å². The highest BCUT2D eigenvalue weighted by Crippen LogP contribution is 2.17. The number of aryl methyl sites for hydroxylation is 1. The molecule has 0 saturated carbocycles. The maximum atomic E-state index is 12.8. The van der Waals surface area contributed by atoms with Crippen LogP contribution in [-0.4, -0.2) is 16.2 Å². The van der Waals surface area contributed by atoms with Gasteiger partial charge in [0.1, 0.15) is 6.67 Å². The highest BCUT2D eigenvalue weighted by atomic mass is 19.2. The Hall–Kier alpha value is -1.52. The van der Waals surface area contributed by atoms with Gasteiger partial charge in [0.05, 0.1) is 23.9 Å². The van der Waals surface area contributed by atoms with Gasteiger partial charge in [-0.05, 0) is 0 Å². The normalized spacial score (nSPS) is 11.1. The number of rotatable bonds is 2. The van der Waals surface area contributed by atoms with Crippen LogP contribution in [0.1, 0.15) is 0 Å². The van der Waals surface area contributed by atoms with E-state index in [9.17, 15) is 13.2 Å². The minimum Gasteiger partial charge on any atom is -0.328 e. The molecule has 0 radical (unpaired) electrons. The van der Waals surface area contributed by atoms with E-state index in [1.165, 1.54) is 10.9 Å². The Balaban J connectivity index is 2.61. The Labute approximate surface area is 78.0 Å². The van der Waals surface area contributed by atoms with Crippen molar-refractivity contribution in [3.8, 4) is 0 Å². The number of nitrogens with zero attached hydrogens (tertiary/aromatic N) is 2. The summed E-state index contributed by atoms with van der Waals surface area (Å²) in [6, 6.07) is 2.02. The van der Waals surface area contributed by atoms with E-state index in [2.05, 4.69) is 4.98 Å². The van der Waals surface area contributed by atoms with E-state index in [1.54, 1.807) is 0 Å². The molecule has 2 nitrogen and oxygen atoms in total. The van der Waals surface area contributed by atoms with Crippen molar-refractivity contribution in [2.24, 2.45) is 0 Å². The lowest BCUT2D eigenvalue weighted by atomic mass is 10.3. The van der Waals surface area contributed by atoms with Crippen molar-refractivity contribution < 1.29 is 13.2 Å². The number of benzene rings is 1. The number of fused-ring (bicyclic) bond motifs is 1. The number of hydrogen-bond donors (Lipinski definition) is 0. The van der Waals surface area contributed by atoms with E-state index in [1.807, 2.05) is 0 Å². The second kappa shape index (κ2) is 3.32. The van der Waals surface area contributed by atoms with Crippen LogP contribution in [0.2, 0.25) is 0 Å². The van der Waals surface area contributed by atoms with Crippen LogP contribution in [0.25, 0.3) is 11.0 Å². The molecule has 5 heteroatoms. The van der Waals surface area contributed by atoms with Crippen molar-refractivity contribution in [3.05, 3.63) is 30.1 Å². The summed E-state index contributed by atoms with van der Waals surface area (Å²) in [5.41, 5.74) is 0.735. The van der Waals surface area contributed by atoms with Gasteiger partial charge in [-0.2, -0.15) is 0 Å². The highest BCUT2D eigenvalue weighted by molar-refractivity contribution is 5.75. The molecule has 0 spiro atoms. The molecule has 0 amide bonds. The Morgan fingerprint density at radius 3 is 2.64 bits per heavy atom. The number of imidazole rings is 1. The van der Waals surface area contributed by atoms with Crippen molar-refractivity contribution in [3.63, 3.8) is 0 Å². The van der Waals surface area contributed by atoms with Crippen molar-refractivity contribution in [1.29, 1.82) is 0 Å². The predicted molar refractivity (Wildman–Crippen MR) is 45.6 cm³/mol. The summed E-state index contributed by atoms with van der Waals surface area (Å²) in [6.45, 7) is -0.466. The Morgan fingerprint density at radius 1 is 1.21 bits per heavy atom. The zero-order chi connectivity index (χ0) is 10.1. The molecule has 0 fully saturated rings.